The molecular weight excluding hydrogens is 404 g/mol. The molecule has 7 heteroatoms. The van der Waals surface area contributed by atoms with Crippen LogP contribution in [0.1, 0.15) is 61.4 Å². The molecule has 4 N–H and O–H groups in total. The van der Waals surface area contributed by atoms with E-state index < -0.39 is 0 Å². The van der Waals surface area contributed by atoms with E-state index in [2.05, 4.69) is 21.3 Å². The molecule has 0 heterocycles. The van der Waals surface area contributed by atoms with Gasteiger partial charge in [0.1, 0.15) is 0 Å². The summed E-state index contributed by atoms with van der Waals surface area (Å²) >= 11 is 0. The molecule has 2 aromatic rings. The lowest BCUT2D eigenvalue weighted by atomic mass is 9.95. The van der Waals surface area contributed by atoms with E-state index in [1.54, 1.807) is 31.2 Å². The fourth-order valence-electron chi connectivity index (χ4n) is 3.80. The van der Waals surface area contributed by atoms with Crippen molar-refractivity contribution in [3.63, 3.8) is 0 Å². The number of carbonyl (C=O) groups excluding carboxylic acids is 3. The average molecular weight is 437 g/mol. The molecule has 1 saturated carbocycles. The fraction of sp³-hybridized carbons (Fsp3) is 0.400. The zero-order valence-electron chi connectivity index (χ0n) is 18.8. The minimum absolute atomic E-state index is 0.0566. The van der Waals surface area contributed by atoms with Crippen molar-refractivity contribution in [3.8, 4) is 0 Å². The standard InChI is InChI=1S/C25H32N4O3/c1-3-23(30)29-22-11-7-10-21(17(22)2)26-16-24(31)27-20-14-12-18(13-15-20)25(32)28-19-8-5-4-6-9-19/h7,10-15,19,26H,3-6,8-9,16H2,1-2H3,(H,27,31)(H,28,32)(H,29,30). The number of nitrogens with one attached hydrogen (secondary N) is 4. The van der Waals surface area contributed by atoms with Gasteiger partial charge in [-0.2, -0.15) is 0 Å². The zero-order chi connectivity index (χ0) is 22.9. The van der Waals surface area contributed by atoms with E-state index in [9.17, 15) is 14.4 Å². The van der Waals surface area contributed by atoms with Crippen LogP contribution in [0.3, 0.4) is 0 Å². The van der Waals surface area contributed by atoms with Crippen molar-refractivity contribution in [1.29, 1.82) is 0 Å². The van der Waals surface area contributed by atoms with Crippen LogP contribution in [-0.4, -0.2) is 30.3 Å². The van der Waals surface area contributed by atoms with Crippen molar-refractivity contribution in [2.45, 2.75) is 58.4 Å². The highest BCUT2D eigenvalue weighted by Crippen LogP contribution is 2.23. The van der Waals surface area contributed by atoms with Gasteiger partial charge in [0, 0.05) is 35.1 Å². The molecule has 0 bridgehead atoms. The molecule has 3 rings (SSSR count). The lowest BCUT2D eigenvalue weighted by Crippen LogP contribution is -2.36. The number of rotatable bonds is 8. The molecule has 0 unspecified atom stereocenters. The van der Waals surface area contributed by atoms with Crippen molar-refractivity contribution in [2.24, 2.45) is 0 Å². The van der Waals surface area contributed by atoms with Gasteiger partial charge in [-0.15, -0.1) is 0 Å². The van der Waals surface area contributed by atoms with Crippen molar-refractivity contribution in [1.82, 2.24) is 5.32 Å². The number of carbonyl (C=O) groups is 3. The molecule has 3 amide bonds. The Morgan fingerprint density at radius 3 is 2.25 bits per heavy atom. The Morgan fingerprint density at radius 2 is 1.56 bits per heavy atom. The molecule has 1 aliphatic carbocycles. The van der Waals surface area contributed by atoms with E-state index in [1.807, 2.05) is 25.1 Å². The van der Waals surface area contributed by atoms with Crippen LogP contribution in [0.5, 0.6) is 0 Å². The van der Waals surface area contributed by atoms with E-state index in [-0.39, 0.29) is 30.3 Å². The van der Waals surface area contributed by atoms with E-state index in [0.717, 1.165) is 29.8 Å². The summed E-state index contributed by atoms with van der Waals surface area (Å²) in [4.78, 5) is 36.4. The summed E-state index contributed by atoms with van der Waals surface area (Å²) in [6, 6.07) is 12.7. The maximum Gasteiger partial charge on any atom is 0.251 e. The van der Waals surface area contributed by atoms with Crippen LogP contribution in [0.15, 0.2) is 42.5 Å². The second-order valence-electron chi connectivity index (χ2n) is 8.17. The van der Waals surface area contributed by atoms with E-state index >= 15 is 0 Å². The van der Waals surface area contributed by atoms with Crippen molar-refractivity contribution < 1.29 is 14.4 Å². The Labute approximate surface area is 189 Å². The molecule has 32 heavy (non-hydrogen) atoms. The summed E-state index contributed by atoms with van der Waals surface area (Å²) < 4.78 is 0. The predicted octanol–water partition coefficient (Wildman–Crippen LogP) is 4.46. The Balaban J connectivity index is 1.50. The third-order valence-electron chi connectivity index (χ3n) is 5.74. The molecule has 0 atom stereocenters. The molecule has 7 nitrogen and oxygen atoms in total. The van der Waals surface area contributed by atoms with Crippen LogP contribution < -0.4 is 21.3 Å². The average Bonchev–Trinajstić information content (AvgIpc) is 2.80. The number of hydrogen-bond donors (Lipinski definition) is 4. The Bertz CT molecular complexity index is 950. The van der Waals surface area contributed by atoms with Gasteiger partial charge in [-0.3, -0.25) is 14.4 Å². The summed E-state index contributed by atoms with van der Waals surface area (Å²) in [5.74, 6) is -0.326. The summed E-state index contributed by atoms with van der Waals surface area (Å²) in [6.45, 7) is 3.77. The second kappa shape index (κ2) is 11.3. The lowest BCUT2D eigenvalue weighted by Gasteiger charge is -2.22. The van der Waals surface area contributed by atoms with Gasteiger partial charge in [0.05, 0.1) is 6.54 Å². The molecular formula is C25H32N4O3. The van der Waals surface area contributed by atoms with E-state index in [1.165, 1.54) is 19.3 Å². The second-order valence-corrected chi connectivity index (χ2v) is 8.17. The van der Waals surface area contributed by atoms with E-state index in [0.29, 0.717) is 17.7 Å². The number of hydrogen-bond acceptors (Lipinski definition) is 4. The topological polar surface area (TPSA) is 99.3 Å². The molecule has 0 radical (unpaired) electrons. The van der Waals surface area contributed by atoms with Gasteiger partial charge in [0.25, 0.3) is 5.91 Å². The van der Waals surface area contributed by atoms with Crippen LogP contribution in [0.25, 0.3) is 0 Å². The summed E-state index contributed by atoms with van der Waals surface area (Å²) in [5.41, 5.74) is 3.60. The van der Waals surface area contributed by atoms with Crippen molar-refractivity contribution >= 4 is 34.8 Å². The first kappa shape index (κ1) is 23.3. The Morgan fingerprint density at radius 1 is 0.875 bits per heavy atom. The van der Waals surface area contributed by atoms with Gasteiger partial charge in [0.15, 0.2) is 0 Å². The molecule has 0 spiro atoms. The highest BCUT2D eigenvalue weighted by molar-refractivity contribution is 5.97. The molecule has 2 aromatic carbocycles. The van der Waals surface area contributed by atoms with Gasteiger partial charge in [-0.25, -0.2) is 0 Å². The summed E-state index contributed by atoms with van der Waals surface area (Å²) in [5, 5.41) is 11.9. The quantitative estimate of drug-likeness (QED) is 0.491. The maximum absolute atomic E-state index is 12.4. The first-order chi connectivity index (χ1) is 15.5. The van der Waals surface area contributed by atoms with Gasteiger partial charge >= 0.3 is 0 Å². The SMILES string of the molecule is CCC(=O)Nc1cccc(NCC(=O)Nc2ccc(C(=O)NC3CCCCC3)cc2)c1C. The highest BCUT2D eigenvalue weighted by Gasteiger charge is 2.16. The first-order valence-electron chi connectivity index (χ1n) is 11.3. The fourth-order valence-corrected chi connectivity index (χ4v) is 3.80. The highest BCUT2D eigenvalue weighted by atomic mass is 16.2. The summed E-state index contributed by atoms with van der Waals surface area (Å²) in [7, 11) is 0. The minimum atomic E-state index is -0.202. The number of benzene rings is 2. The van der Waals surface area contributed by atoms with Gasteiger partial charge in [0.2, 0.25) is 11.8 Å². The van der Waals surface area contributed by atoms with Gasteiger partial charge < -0.3 is 21.3 Å². The first-order valence-corrected chi connectivity index (χ1v) is 11.3. The van der Waals surface area contributed by atoms with Crippen LogP contribution in [-0.2, 0) is 9.59 Å². The third kappa shape index (κ3) is 6.57. The van der Waals surface area contributed by atoms with Crippen molar-refractivity contribution in [3.05, 3.63) is 53.6 Å². The van der Waals surface area contributed by atoms with Crippen LogP contribution in [0, 0.1) is 6.92 Å². The van der Waals surface area contributed by atoms with E-state index in [4.69, 9.17) is 0 Å². The normalized spacial score (nSPS) is 13.8. The van der Waals surface area contributed by atoms with Crippen LogP contribution >= 0.6 is 0 Å². The van der Waals surface area contributed by atoms with Gasteiger partial charge in [-0.1, -0.05) is 32.3 Å². The molecule has 0 saturated heterocycles. The van der Waals surface area contributed by atoms with Crippen LogP contribution in [0.4, 0.5) is 17.1 Å². The molecule has 1 aliphatic rings. The predicted molar refractivity (Wildman–Crippen MR) is 128 cm³/mol. The maximum atomic E-state index is 12.4. The van der Waals surface area contributed by atoms with Gasteiger partial charge in [-0.05, 0) is 61.7 Å². The summed E-state index contributed by atoms with van der Waals surface area (Å²) in [6.07, 6.45) is 6.07. The molecule has 0 aromatic heterocycles. The van der Waals surface area contributed by atoms with Crippen molar-refractivity contribution in [2.75, 3.05) is 22.5 Å². The van der Waals surface area contributed by atoms with Crippen LogP contribution in [0.2, 0.25) is 0 Å². The Kier molecular flexibility index (Phi) is 8.25. The number of anilines is 3. The largest absolute Gasteiger partial charge is 0.376 e. The zero-order valence-corrected chi connectivity index (χ0v) is 18.8. The number of amides is 3. The minimum Gasteiger partial charge on any atom is -0.376 e. The third-order valence-corrected chi connectivity index (χ3v) is 5.74. The molecule has 0 aliphatic heterocycles. The smallest absolute Gasteiger partial charge is 0.251 e. The molecule has 1 fully saturated rings. The Hall–Kier alpha value is -3.35. The monoisotopic (exact) mass is 436 g/mol. The lowest BCUT2D eigenvalue weighted by molar-refractivity contribution is -0.116. The molecule has 170 valence electrons.